The standard InChI is InChI=1S/C20H21ClN4O3/c1-3-4-12-25-19(21)16(14(2)24-25)10-11-18(26)27-13-17-22-23-20(28-17)15-8-6-5-7-9-15/h5-11H,3-4,12-13H2,1-2H3/b11-10+. The zero-order chi connectivity index (χ0) is 19.9. The fourth-order valence-electron chi connectivity index (χ4n) is 2.55. The highest BCUT2D eigenvalue weighted by Gasteiger charge is 2.12. The van der Waals surface area contributed by atoms with E-state index in [-0.39, 0.29) is 12.5 Å². The molecule has 0 aliphatic rings. The predicted octanol–water partition coefficient (Wildman–Crippen LogP) is 4.45. The van der Waals surface area contributed by atoms with Gasteiger partial charge in [-0.15, -0.1) is 10.2 Å². The molecule has 3 rings (SSSR count). The lowest BCUT2D eigenvalue weighted by Gasteiger charge is -2.00. The first-order chi connectivity index (χ1) is 13.6. The summed E-state index contributed by atoms with van der Waals surface area (Å²) in [4.78, 5) is 12.0. The van der Waals surface area contributed by atoms with Gasteiger partial charge in [0, 0.05) is 23.7 Å². The number of benzene rings is 1. The molecule has 0 amide bonds. The van der Waals surface area contributed by atoms with Crippen LogP contribution in [0.4, 0.5) is 0 Å². The van der Waals surface area contributed by atoms with Gasteiger partial charge < -0.3 is 9.15 Å². The Morgan fingerprint density at radius 2 is 2.07 bits per heavy atom. The van der Waals surface area contributed by atoms with Gasteiger partial charge in [-0.2, -0.15) is 5.10 Å². The van der Waals surface area contributed by atoms with E-state index < -0.39 is 5.97 Å². The molecule has 0 fully saturated rings. The minimum absolute atomic E-state index is 0.106. The summed E-state index contributed by atoms with van der Waals surface area (Å²) >= 11 is 6.35. The number of halogens is 1. The first kappa shape index (κ1) is 19.8. The van der Waals surface area contributed by atoms with Gasteiger partial charge in [0.05, 0.1) is 5.69 Å². The minimum atomic E-state index is -0.531. The SMILES string of the molecule is CCCCn1nc(C)c(/C=C/C(=O)OCc2nnc(-c3ccccc3)o2)c1Cl. The lowest BCUT2D eigenvalue weighted by Crippen LogP contribution is -2.01. The normalized spacial score (nSPS) is 11.2. The number of nitrogens with zero attached hydrogens (tertiary/aromatic N) is 4. The average Bonchev–Trinajstić information content (AvgIpc) is 3.29. The summed E-state index contributed by atoms with van der Waals surface area (Å²) < 4.78 is 12.4. The molecule has 0 spiro atoms. The van der Waals surface area contributed by atoms with Crippen molar-refractivity contribution in [3.8, 4) is 11.5 Å². The summed E-state index contributed by atoms with van der Waals surface area (Å²) in [6.07, 6.45) is 4.96. The summed E-state index contributed by atoms with van der Waals surface area (Å²) in [7, 11) is 0. The molecule has 7 nitrogen and oxygen atoms in total. The summed E-state index contributed by atoms with van der Waals surface area (Å²) in [5, 5.41) is 12.8. The van der Waals surface area contributed by atoms with E-state index in [0.717, 1.165) is 30.6 Å². The molecule has 146 valence electrons. The van der Waals surface area contributed by atoms with E-state index in [1.165, 1.54) is 6.08 Å². The Kier molecular flexibility index (Phi) is 6.60. The van der Waals surface area contributed by atoms with Gasteiger partial charge in [0.1, 0.15) is 5.15 Å². The average molecular weight is 401 g/mol. The van der Waals surface area contributed by atoms with Gasteiger partial charge in [-0.1, -0.05) is 43.1 Å². The molecule has 28 heavy (non-hydrogen) atoms. The molecule has 0 saturated heterocycles. The van der Waals surface area contributed by atoms with Crippen LogP contribution >= 0.6 is 11.6 Å². The Balaban J connectivity index is 1.58. The molecule has 0 saturated carbocycles. The second-order valence-corrected chi connectivity index (χ2v) is 6.53. The quantitative estimate of drug-likeness (QED) is 0.410. The Hall–Kier alpha value is -2.93. The van der Waals surface area contributed by atoms with Crippen LogP contribution in [0, 0.1) is 6.92 Å². The van der Waals surface area contributed by atoms with E-state index in [4.69, 9.17) is 20.8 Å². The largest absolute Gasteiger partial charge is 0.452 e. The smallest absolute Gasteiger partial charge is 0.331 e. The maximum Gasteiger partial charge on any atom is 0.331 e. The molecule has 2 heterocycles. The summed E-state index contributed by atoms with van der Waals surface area (Å²) in [6.45, 7) is 4.59. The van der Waals surface area contributed by atoms with Crippen molar-refractivity contribution in [2.45, 2.75) is 39.8 Å². The van der Waals surface area contributed by atoms with Crippen molar-refractivity contribution >= 4 is 23.6 Å². The number of aryl methyl sites for hydroxylation is 2. The van der Waals surface area contributed by atoms with E-state index in [1.807, 2.05) is 37.3 Å². The van der Waals surface area contributed by atoms with Crippen molar-refractivity contribution in [1.82, 2.24) is 20.0 Å². The molecule has 3 aromatic rings. The number of rotatable bonds is 8. The van der Waals surface area contributed by atoms with Crippen LogP contribution in [0.3, 0.4) is 0 Å². The van der Waals surface area contributed by atoms with Crippen molar-refractivity contribution in [3.63, 3.8) is 0 Å². The first-order valence-corrected chi connectivity index (χ1v) is 9.41. The van der Waals surface area contributed by atoms with Crippen LogP contribution in [0.25, 0.3) is 17.5 Å². The third-order valence-corrected chi connectivity index (χ3v) is 4.44. The summed E-state index contributed by atoms with van der Waals surface area (Å²) in [6, 6.07) is 9.37. The van der Waals surface area contributed by atoms with E-state index >= 15 is 0 Å². The van der Waals surface area contributed by atoms with Crippen molar-refractivity contribution in [2.24, 2.45) is 0 Å². The Morgan fingerprint density at radius 3 is 2.82 bits per heavy atom. The predicted molar refractivity (Wildman–Crippen MR) is 105 cm³/mol. The van der Waals surface area contributed by atoms with Crippen LogP contribution in [-0.2, 0) is 22.7 Å². The van der Waals surface area contributed by atoms with Gasteiger partial charge in [0.25, 0.3) is 5.89 Å². The number of unbranched alkanes of at least 4 members (excludes halogenated alkanes) is 1. The van der Waals surface area contributed by atoms with Gasteiger partial charge in [0.15, 0.2) is 6.61 Å². The molecular weight excluding hydrogens is 380 g/mol. The number of hydrogen-bond donors (Lipinski definition) is 0. The van der Waals surface area contributed by atoms with E-state index in [9.17, 15) is 4.79 Å². The highest BCUT2D eigenvalue weighted by atomic mass is 35.5. The van der Waals surface area contributed by atoms with Crippen molar-refractivity contribution in [1.29, 1.82) is 0 Å². The Bertz CT molecular complexity index is 963. The summed E-state index contributed by atoms with van der Waals surface area (Å²) in [5.41, 5.74) is 2.27. The van der Waals surface area contributed by atoms with E-state index in [1.54, 1.807) is 10.8 Å². The van der Waals surface area contributed by atoms with Crippen LogP contribution in [0.15, 0.2) is 40.8 Å². The monoisotopic (exact) mass is 400 g/mol. The fourth-order valence-corrected chi connectivity index (χ4v) is 2.88. The molecule has 8 heteroatoms. The number of esters is 1. The molecule has 0 bridgehead atoms. The van der Waals surface area contributed by atoms with Crippen molar-refractivity contribution < 1.29 is 13.9 Å². The molecule has 2 aromatic heterocycles. The number of carbonyl (C=O) groups excluding carboxylic acids is 1. The number of ether oxygens (including phenoxy) is 1. The third-order valence-electron chi connectivity index (χ3n) is 4.04. The minimum Gasteiger partial charge on any atom is -0.452 e. The number of aromatic nitrogens is 4. The van der Waals surface area contributed by atoms with Crippen molar-refractivity contribution in [3.05, 3.63) is 58.7 Å². The second-order valence-electron chi connectivity index (χ2n) is 6.17. The van der Waals surface area contributed by atoms with Crippen molar-refractivity contribution in [2.75, 3.05) is 0 Å². The fraction of sp³-hybridized carbons (Fsp3) is 0.300. The van der Waals surface area contributed by atoms with Crippen LogP contribution in [0.5, 0.6) is 0 Å². The lowest BCUT2D eigenvalue weighted by atomic mass is 10.2. The second kappa shape index (κ2) is 9.32. The van der Waals surface area contributed by atoms with E-state index in [2.05, 4.69) is 22.2 Å². The maximum absolute atomic E-state index is 12.0. The topological polar surface area (TPSA) is 83.0 Å². The lowest BCUT2D eigenvalue weighted by molar-refractivity contribution is -0.139. The van der Waals surface area contributed by atoms with Gasteiger partial charge in [-0.05, 0) is 31.6 Å². The Morgan fingerprint density at radius 1 is 1.29 bits per heavy atom. The zero-order valence-corrected chi connectivity index (χ0v) is 16.5. The van der Waals surface area contributed by atoms with Gasteiger partial charge in [0.2, 0.25) is 5.89 Å². The first-order valence-electron chi connectivity index (χ1n) is 9.04. The van der Waals surface area contributed by atoms with Gasteiger partial charge in [-0.3, -0.25) is 4.68 Å². The molecule has 0 atom stereocenters. The molecule has 0 radical (unpaired) electrons. The molecule has 0 aliphatic heterocycles. The molecule has 1 aromatic carbocycles. The number of hydrogen-bond acceptors (Lipinski definition) is 6. The molecular formula is C20H21ClN4O3. The van der Waals surface area contributed by atoms with Gasteiger partial charge >= 0.3 is 5.97 Å². The Labute approximate surface area is 168 Å². The van der Waals surface area contributed by atoms with Crippen LogP contribution < -0.4 is 0 Å². The highest BCUT2D eigenvalue weighted by molar-refractivity contribution is 6.31. The third kappa shape index (κ3) is 4.86. The molecule has 0 aliphatic carbocycles. The molecule has 0 N–H and O–H groups in total. The van der Waals surface area contributed by atoms with Crippen LogP contribution in [0.2, 0.25) is 5.15 Å². The van der Waals surface area contributed by atoms with Crippen LogP contribution in [0.1, 0.15) is 36.9 Å². The summed E-state index contributed by atoms with van der Waals surface area (Å²) in [5.74, 6) is 0.0718. The highest BCUT2D eigenvalue weighted by Crippen LogP contribution is 2.22. The van der Waals surface area contributed by atoms with E-state index in [0.29, 0.717) is 16.6 Å². The maximum atomic E-state index is 12.0. The zero-order valence-electron chi connectivity index (χ0n) is 15.8. The van der Waals surface area contributed by atoms with Crippen LogP contribution in [-0.4, -0.2) is 25.9 Å². The van der Waals surface area contributed by atoms with Gasteiger partial charge in [-0.25, -0.2) is 4.79 Å². The number of carbonyl (C=O) groups is 1. The molecule has 0 unspecified atom stereocenters.